The Morgan fingerprint density at radius 3 is 2.57 bits per heavy atom. The summed E-state index contributed by atoms with van der Waals surface area (Å²) < 4.78 is 16.6. The molecule has 2 aromatic carbocycles. The first kappa shape index (κ1) is 23.4. The topological polar surface area (TPSA) is 64.1 Å². The van der Waals surface area contributed by atoms with Crippen LogP contribution < -0.4 is 15.4 Å². The summed E-state index contributed by atoms with van der Waals surface area (Å²) in [6.07, 6.45) is 1.74. The summed E-state index contributed by atoms with van der Waals surface area (Å²) in [5.41, 5.74) is 3.37. The lowest BCUT2D eigenvalue weighted by molar-refractivity contribution is 0.0453. The predicted octanol–water partition coefficient (Wildman–Crippen LogP) is 3.67. The molecule has 2 aromatic rings. The van der Waals surface area contributed by atoms with E-state index in [0.29, 0.717) is 46.1 Å². The molecule has 0 saturated heterocycles. The van der Waals surface area contributed by atoms with E-state index in [1.807, 2.05) is 37.3 Å². The van der Waals surface area contributed by atoms with Gasteiger partial charge in [0.25, 0.3) is 0 Å². The van der Waals surface area contributed by atoms with Crippen LogP contribution in [0.1, 0.15) is 23.6 Å². The Bertz CT molecular complexity index is 793. The molecule has 2 N–H and O–H groups in total. The summed E-state index contributed by atoms with van der Waals surface area (Å²) >= 11 is 0. The number of rotatable bonds is 13. The quantitative estimate of drug-likeness (QED) is 0.228. The highest BCUT2D eigenvalue weighted by Crippen LogP contribution is 2.17. The SMILES string of the molecule is C=CCOc1ccccc1CNC(=NC)NCc1cccc(COCCOCC)c1. The molecule has 0 spiro atoms. The molecule has 0 amide bonds. The van der Waals surface area contributed by atoms with Gasteiger partial charge in [-0.05, 0) is 24.1 Å². The van der Waals surface area contributed by atoms with Gasteiger partial charge in [-0.1, -0.05) is 55.1 Å². The second-order valence-corrected chi connectivity index (χ2v) is 6.56. The van der Waals surface area contributed by atoms with Crippen LogP contribution in [0.4, 0.5) is 0 Å². The number of hydrogen-bond acceptors (Lipinski definition) is 4. The number of aliphatic imine (C=N–C) groups is 1. The fourth-order valence-corrected chi connectivity index (χ4v) is 2.81. The van der Waals surface area contributed by atoms with Crippen molar-refractivity contribution in [2.45, 2.75) is 26.6 Å². The summed E-state index contributed by atoms with van der Waals surface area (Å²) in [5, 5.41) is 6.69. The first-order valence-corrected chi connectivity index (χ1v) is 10.3. The number of hydrogen-bond donors (Lipinski definition) is 2. The molecule has 0 aliphatic carbocycles. The third-order valence-corrected chi connectivity index (χ3v) is 4.30. The van der Waals surface area contributed by atoms with E-state index < -0.39 is 0 Å². The monoisotopic (exact) mass is 411 g/mol. The number of nitrogens with one attached hydrogen (secondary N) is 2. The van der Waals surface area contributed by atoms with E-state index in [1.165, 1.54) is 5.56 Å². The van der Waals surface area contributed by atoms with Gasteiger partial charge >= 0.3 is 0 Å². The Morgan fingerprint density at radius 2 is 1.77 bits per heavy atom. The van der Waals surface area contributed by atoms with Gasteiger partial charge in [-0.2, -0.15) is 0 Å². The fraction of sp³-hybridized carbons (Fsp3) is 0.375. The highest BCUT2D eigenvalue weighted by atomic mass is 16.5. The van der Waals surface area contributed by atoms with Crippen molar-refractivity contribution in [3.05, 3.63) is 77.9 Å². The average molecular weight is 412 g/mol. The van der Waals surface area contributed by atoms with Crippen LogP contribution in [0.3, 0.4) is 0 Å². The first-order chi connectivity index (χ1) is 14.8. The van der Waals surface area contributed by atoms with Crippen molar-refractivity contribution in [3.8, 4) is 5.75 Å². The normalized spacial score (nSPS) is 11.2. The minimum Gasteiger partial charge on any atom is -0.489 e. The van der Waals surface area contributed by atoms with Gasteiger partial charge in [0.2, 0.25) is 0 Å². The van der Waals surface area contributed by atoms with E-state index in [2.05, 4.69) is 40.4 Å². The van der Waals surface area contributed by atoms with Crippen LogP contribution in [-0.4, -0.2) is 39.4 Å². The maximum Gasteiger partial charge on any atom is 0.191 e. The summed E-state index contributed by atoms with van der Waals surface area (Å²) in [6, 6.07) is 16.3. The zero-order valence-corrected chi connectivity index (χ0v) is 18.0. The van der Waals surface area contributed by atoms with Gasteiger partial charge in [0.05, 0.1) is 19.8 Å². The zero-order valence-electron chi connectivity index (χ0n) is 18.0. The molecule has 0 saturated carbocycles. The van der Waals surface area contributed by atoms with Crippen LogP contribution in [0, 0.1) is 0 Å². The number of benzene rings is 2. The van der Waals surface area contributed by atoms with E-state index in [0.717, 1.165) is 22.8 Å². The van der Waals surface area contributed by atoms with Crippen molar-refractivity contribution in [2.75, 3.05) is 33.5 Å². The molecule has 2 rings (SSSR count). The minimum absolute atomic E-state index is 0.482. The Hall–Kier alpha value is -2.83. The van der Waals surface area contributed by atoms with Crippen molar-refractivity contribution in [1.82, 2.24) is 10.6 Å². The van der Waals surface area contributed by atoms with E-state index in [1.54, 1.807) is 13.1 Å². The molecule has 6 heteroatoms. The van der Waals surface area contributed by atoms with Crippen molar-refractivity contribution < 1.29 is 14.2 Å². The Balaban J connectivity index is 1.82. The molecule has 0 heterocycles. The van der Waals surface area contributed by atoms with Gasteiger partial charge in [0, 0.05) is 32.3 Å². The number of guanidine groups is 1. The lowest BCUT2D eigenvalue weighted by Gasteiger charge is -2.15. The van der Waals surface area contributed by atoms with Crippen molar-refractivity contribution in [1.29, 1.82) is 0 Å². The van der Waals surface area contributed by atoms with E-state index in [4.69, 9.17) is 14.2 Å². The zero-order chi connectivity index (χ0) is 21.4. The molecule has 0 aliphatic rings. The number of ether oxygens (including phenoxy) is 3. The molecular formula is C24H33N3O3. The summed E-state index contributed by atoms with van der Waals surface area (Å²) in [6.45, 7) is 9.96. The molecular weight excluding hydrogens is 378 g/mol. The van der Waals surface area contributed by atoms with Crippen molar-refractivity contribution >= 4 is 5.96 Å². The van der Waals surface area contributed by atoms with Gasteiger partial charge < -0.3 is 24.8 Å². The largest absolute Gasteiger partial charge is 0.489 e. The van der Waals surface area contributed by atoms with E-state index in [-0.39, 0.29) is 0 Å². The predicted molar refractivity (Wildman–Crippen MR) is 122 cm³/mol. The van der Waals surface area contributed by atoms with Crippen molar-refractivity contribution in [2.24, 2.45) is 4.99 Å². The van der Waals surface area contributed by atoms with Crippen LogP contribution in [-0.2, 0) is 29.2 Å². The maximum atomic E-state index is 5.71. The van der Waals surface area contributed by atoms with Crippen LogP contribution in [0.15, 0.2) is 66.2 Å². The molecule has 30 heavy (non-hydrogen) atoms. The summed E-state index contributed by atoms with van der Waals surface area (Å²) in [5.74, 6) is 1.57. The van der Waals surface area contributed by atoms with E-state index in [9.17, 15) is 0 Å². The lowest BCUT2D eigenvalue weighted by atomic mass is 10.1. The lowest BCUT2D eigenvalue weighted by Crippen LogP contribution is -2.36. The molecule has 0 aromatic heterocycles. The van der Waals surface area contributed by atoms with E-state index >= 15 is 0 Å². The number of para-hydroxylation sites is 1. The molecule has 6 nitrogen and oxygen atoms in total. The molecule has 0 unspecified atom stereocenters. The van der Waals surface area contributed by atoms with Gasteiger partial charge in [-0.15, -0.1) is 0 Å². The Labute approximate surface area is 180 Å². The van der Waals surface area contributed by atoms with Crippen LogP contribution in [0.25, 0.3) is 0 Å². The molecule has 0 radical (unpaired) electrons. The second kappa shape index (κ2) is 14.2. The summed E-state index contributed by atoms with van der Waals surface area (Å²) in [4.78, 5) is 4.31. The fourth-order valence-electron chi connectivity index (χ4n) is 2.81. The number of nitrogens with zero attached hydrogens (tertiary/aromatic N) is 1. The van der Waals surface area contributed by atoms with Crippen LogP contribution in [0.5, 0.6) is 5.75 Å². The Morgan fingerprint density at radius 1 is 1.00 bits per heavy atom. The van der Waals surface area contributed by atoms with Crippen molar-refractivity contribution in [3.63, 3.8) is 0 Å². The molecule has 0 atom stereocenters. The van der Waals surface area contributed by atoms with Gasteiger partial charge in [-0.3, -0.25) is 4.99 Å². The summed E-state index contributed by atoms with van der Waals surface area (Å²) in [7, 11) is 1.76. The first-order valence-electron chi connectivity index (χ1n) is 10.3. The molecule has 162 valence electrons. The van der Waals surface area contributed by atoms with Crippen LogP contribution >= 0.6 is 0 Å². The van der Waals surface area contributed by atoms with Gasteiger partial charge in [-0.25, -0.2) is 0 Å². The smallest absolute Gasteiger partial charge is 0.191 e. The molecule has 0 bridgehead atoms. The highest BCUT2D eigenvalue weighted by molar-refractivity contribution is 5.79. The third-order valence-electron chi connectivity index (χ3n) is 4.30. The van der Waals surface area contributed by atoms with Gasteiger partial charge in [0.1, 0.15) is 12.4 Å². The molecule has 0 aliphatic heterocycles. The Kier molecular flexibility index (Phi) is 11.1. The highest BCUT2D eigenvalue weighted by Gasteiger charge is 2.05. The third kappa shape index (κ3) is 8.68. The molecule has 0 fully saturated rings. The minimum atomic E-state index is 0.482. The van der Waals surface area contributed by atoms with Gasteiger partial charge in [0.15, 0.2) is 5.96 Å². The van der Waals surface area contributed by atoms with Crippen LogP contribution in [0.2, 0.25) is 0 Å². The maximum absolute atomic E-state index is 5.71. The average Bonchev–Trinajstić information content (AvgIpc) is 2.78. The standard InChI is InChI=1S/C24H33N3O3/c1-4-13-30-23-12-7-6-11-22(23)18-27-24(25-3)26-17-20-9-8-10-21(16-20)19-29-15-14-28-5-2/h4,6-12,16H,1,5,13-15,17-19H2,2-3H3,(H2,25,26,27). The second-order valence-electron chi connectivity index (χ2n) is 6.56.